The number of hydrogen-bond donors (Lipinski definition) is 0. The molecule has 3 aliphatic rings. The Labute approximate surface area is 187 Å². The lowest BCUT2D eigenvalue weighted by Crippen LogP contribution is -2.42. The van der Waals surface area contributed by atoms with E-state index in [1.54, 1.807) is 5.56 Å². The zero-order valence-electron chi connectivity index (χ0n) is 19.1. The van der Waals surface area contributed by atoms with Crippen molar-refractivity contribution < 1.29 is 9.53 Å². The molecule has 0 N–H and O–H groups in total. The van der Waals surface area contributed by atoms with Crippen LogP contribution in [0.3, 0.4) is 0 Å². The summed E-state index contributed by atoms with van der Waals surface area (Å²) in [5, 5.41) is 0. The van der Waals surface area contributed by atoms with Crippen molar-refractivity contribution in [2.45, 2.75) is 77.7 Å². The van der Waals surface area contributed by atoms with Gasteiger partial charge in [-0.05, 0) is 102 Å². The number of benzene rings is 2. The van der Waals surface area contributed by atoms with Crippen LogP contribution in [0.2, 0.25) is 0 Å². The van der Waals surface area contributed by atoms with Gasteiger partial charge in [0, 0.05) is 6.42 Å². The molecule has 0 bridgehead atoms. The standard InChI is InChI=1S/C29H36O2/c1-3-21-17-26-22(18-28(21)31-19-20-7-5-4-6-8-20)9-11-25-24(26)13-15-29(2)23(14-16-30)10-12-27(25)29/h4-8,16-18,23-25,27H,3,9-15,19H2,1-2H3/t23-,24?,25?,27?,29-/m1/s1. The minimum atomic E-state index is 0.381. The number of rotatable bonds is 6. The van der Waals surface area contributed by atoms with Gasteiger partial charge in [0.1, 0.15) is 18.6 Å². The highest BCUT2D eigenvalue weighted by Crippen LogP contribution is 2.63. The maximum atomic E-state index is 11.3. The Morgan fingerprint density at radius 3 is 2.71 bits per heavy atom. The predicted octanol–water partition coefficient (Wildman–Crippen LogP) is 6.89. The Balaban J connectivity index is 1.39. The molecule has 0 saturated heterocycles. The first-order chi connectivity index (χ1) is 15.1. The van der Waals surface area contributed by atoms with Gasteiger partial charge < -0.3 is 9.53 Å². The number of carbonyl (C=O) groups is 1. The summed E-state index contributed by atoms with van der Waals surface area (Å²) in [5.41, 5.74) is 6.09. The molecule has 31 heavy (non-hydrogen) atoms. The quantitative estimate of drug-likeness (QED) is 0.479. The highest BCUT2D eigenvalue weighted by Gasteiger charge is 2.54. The molecule has 2 fully saturated rings. The van der Waals surface area contributed by atoms with Gasteiger partial charge in [0.25, 0.3) is 0 Å². The van der Waals surface area contributed by atoms with Crippen LogP contribution in [0.25, 0.3) is 0 Å². The average Bonchev–Trinajstić information content (AvgIpc) is 3.14. The fraction of sp³-hybridized carbons (Fsp3) is 0.552. The van der Waals surface area contributed by atoms with Crippen molar-refractivity contribution in [1.29, 1.82) is 0 Å². The highest BCUT2D eigenvalue weighted by atomic mass is 16.5. The number of carbonyl (C=O) groups excluding carboxylic acids is 1. The first-order valence-corrected chi connectivity index (χ1v) is 12.4. The number of aryl methyl sites for hydroxylation is 2. The molecule has 0 amide bonds. The van der Waals surface area contributed by atoms with Gasteiger partial charge in [0.15, 0.2) is 0 Å². The Kier molecular flexibility index (Phi) is 5.67. The van der Waals surface area contributed by atoms with Crippen molar-refractivity contribution in [2.24, 2.45) is 23.2 Å². The minimum Gasteiger partial charge on any atom is -0.489 e. The summed E-state index contributed by atoms with van der Waals surface area (Å²) in [5.74, 6) is 3.98. The van der Waals surface area contributed by atoms with E-state index in [9.17, 15) is 4.79 Å². The number of fused-ring (bicyclic) bond motifs is 5. The molecule has 2 aromatic carbocycles. The molecule has 0 radical (unpaired) electrons. The highest BCUT2D eigenvalue weighted by molar-refractivity contribution is 5.50. The summed E-state index contributed by atoms with van der Waals surface area (Å²) in [7, 11) is 0. The van der Waals surface area contributed by atoms with E-state index in [1.165, 1.54) is 61.5 Å². The molecular formula is C29H36O2. The smallest absolute Gasteiger partial charge is 0.123 e. The third-order valence-corrected chi connectivity index (χ3v) is 9.10. The molecule has 164 valence electrons. The first-order valence-electron chi connectivity index (χ1n) is 12.4. The van der Waals surface area contributed by atoms with Crippen LogP contribution in [-0.4, -0.2) is 6.29 Å². The van der Waals surface area contributed by atoms with Gasteiger partial charge in [-0.2, -0.15) is 0 Å². The van der Waals surface area contributed by atoms with E-state index in [0.29, 0.717) is 23.9 Å². The van der Waals surface area contributed by atoms with Crippen LogP contribution in [0.5, 0.6) is 5.75 Å². The van der Waals surface area contributed by atoms with E-state index in [1.807, 2.05) is 0 Å². The molecule has 5 rings (SSSR count). The van der Waals surface area contributed by atoms with Gasteiger partial charge in [-0.1, -0.05) is 50.2 Å². The van der Waals surface area contributed by atoms with Crippen molar-refractivity contribution >= 4 is 6.29 Å². The van der Waals surface area contributed by atoms with E-state index < -0.39 is 0 Å². The van der Waals surface area contributed by atoms with Crippen LogP contribution in [0.15, 0.2) is 42.5 Å². The maximum absolute atomic E-state index is 11.3. The molecule has 2 nitrogen and oxygen atoms in total. The fourth-order valence-corrected chi connectivity index (χ4v) is 7.40. The SMILES string of the molecule is CCc1cc2c(cc1OCc1ccccc1)CCC1C2CC[C@@]2(C)C1CC[C@@H]2CC=O. The molecule has 5 atom stereocenters. The molecule has 2 saturated carbocycles. The number of aldehydes is 1. The fourth-order valence-electron chi connectivity index (χ4n) is 7.40. The van der Waals surface area contributed by atoms with Gasteiger partial charge >= 0.3 is 0 Å². The third kappa shape index (κ3) is 3.62. The van der Waals surface area contributed by atoms with E-state index in [2.05, 4.69) is 56.3 Å². The van der Waals surface area contributed by atoms with Gasteiger partial charge in [-0.25, -0.2) is 0 Å². The minimum absolute atomic E-state index is 0.381. The van der Waals surface area contributed by atoms with Crippen molar-refractivity contribution in [1.82, 2.24) is 0 Å². The summed E-state index contributed by atoms with van der Waals surface area (Å²) < 4.78 is 6.31. The van der Waals surface area contributed by atoms with E-state index >= 15 is 0 Å². The van der Waals surface area contributed by atoms with E-state index in [-0.39, 0.29) is 0 Å². The summed E-state index contributed by atoms with van der Waals surface area (Å²) in [4.78, 5) is 11.3. The lowest BCUT2D eigenvalue weighted by atomic mass is 9.54. The Hall–Kier alpha value is -2.09. The third-order valence-electron chi connectivity index (χ3n) is 9.10. The number of hydrogen-bond acceptors (Lipinski definition) is 2. The second-order valence-corrected chi connectivity index (χ2v) is 10.4. The monoisotopic (exact) mass is 416 g/mol. The molecule has 3 aliphatic carbocycles. The molecule has 3 unspecified atom stereocenters. The Bertz CT molecular complexity index is 933. The first kappa shape index (κ1) is 20.8. The molecule has 0 aliphatic heterocycles. The summed E-state index contributed by atoms with van der Waals surface area (Å²) in [6, 6.07) is 15.3. The second kappa shape index (κ2) is 8.45. The zero-order valence-corrected chi connectivity index (χ0v) is 19.1. The predicted molar refractivity (Wildman–Crippen MR) is 125 cm³/mol. The molecule has 2 heteroatoms. The van der Waals surface area contributed by atoms with Crippen molar-refractivity contribution in [3.8, 4) is 5.75 Å². The Morgan fingerprint density at radius 1 is 1.10 bits per heavy atom. The molecule has 2 aromatic rings. The Morgan fingerprint density at radius 2 is 1.94 bits per heavy atom. The normalized spacial score (nSPS) is 31.4. The molecule has 0 heterocycles. The van der Waals surface area contributed by atoms with Crippen LogP contribution in [0, 0.1) is 23.2 Å². The van der Waals surface area contributed by atoms with Crippen LogP contribution in [0.4, 0.5) is 0 Å². The largest absolute Gasteiger partial charge is 0.489 e. The molecule has 0 spiro atoms. The van der Waals surface area contributed by atoms with Gasteiger partial charge in [-0.3, -0.25) is 0 Å². The van der Waals surface area contributed by atoms with Crippen LogP contribution >= 0.6 is 0 Å². The lowest BCUT2D eigenvalue weighted by Gasteiger charge is -2.51. The maximum Gasteiger partial charge on any atom is 0.123 e. The summed E-state index contributed by atoms with van der Waals surface area (Å²) in [6.45, 7) is 5.39. The summed E-state index contributed by atoms with van der Waals surface area (Å²) in [6.07, 6.45) is 10.6. The van der Waals surface area contributed by atoms with Crippen LogP contribution < -0.4 is 4.74 Å². The van der Waals surface area contributed by atoms with Gasteiger partial charge in [0.2, 0.25) is 0 Å². The van der Waals surface area contributed by atoms with E-state index in [4.69, 9.17) is 4.74 Å². The summed E-state index contributed by atoms with van der Waals surface area (Å²) >= 11 is 0. The van der Waals surface area contributed by atoms with Crippen LogP contribution in [-0.2, 0) is 24.2 Å². The van der Waals surface area contributed by atoms with Crippen LogP contribution in [0.1, 0.15) is 80.5 Å². The lowest BCUT2D eigenvalue weighted by molar-refractivity contribution is -0.109. The molecule has 0 aromatic heterocycles. The van der Waals surface area contributed by atoms with E-state index in [0.717, 1.165) is 30.4 Å². The topological polar surface area (TPSA) is 26.3 Å². The number of ether oxygens (including phenoxy) is 1. The molecular weight excluding hydrogens is 380 g/mol. The second-order valence-electron chi connectivity index (χ2n) is 10.4. The van der Waals surface area contributed by atoms with Crippen molar-refractivity contribution in [2.75, 3.05) is 0 Å². The van der Waals surface area contributed by atoms with Gasteiger partial charge in [-0.15, -0.1) is 0 Å². The van der Waals surface area contributed by atoms with Gasteiger partial charge in [0.05, 0.1) is 0 Å². The average molecular weight is 417 g/mol. The van der Waals surface area contributed by atoms with Crippen molar-refractivity contribution in [3.05, 3.63) is 64.7 Å². The zero-order chi connectivity index (χ0) is 21.4. The van der Waals surface area contributed by atoms with Crippen molar-refractivity contribution in [3.63, 3.8) is 0 Å².